The van der Waals surface area contributed by atoms with E-state index in [4.69, 9.17) is 16.3 Å². The second kappa shape index (κ2) is 6.33. The molecule has 6 heteroatoms. The Bertz CT molecular complexity index is 951. The summed E-state index contributed by atoms with van der Waals surface area (Å²) in [5, 5.41) is 4.62. The number of aromatic nitrogens is 1. The number of rotatable bonds is 2. The van der Waals surface area contributed by atoms with E-state index in [2.05, 4.69) is 16.4 Å². The van der Waals surface area contributed by atoms with Gasteiger partial charge in [0, 0.05) is 46.9 Å². The summed E-state index contributed by atoms with van der Waals surface area (Å²) in [5.41, 5.74) is 4.02. The molecule has 0 aliphatic carbocycles. The van der Waals surface area contributed by atoms with Crippen LogP contribution < -0.4 is 10.1 Å². The van der Waals surface area contributed by atoms with Crippen molar-refractivity contribution < 1.29 is 9.53 Å². The van der Waals surface area contributed by atoms with Crippen molar-refractivity contribution in [2.75, 3.05) is 19.0 Å². The van der Waals surface area contributed by atoms with Crippen molar-refractivity contribution in [3.8, 4) is 5.75 Å². The Morgan fingerprint density at radius 3 is 2.92 bits per heavy atom. The molecule has 0 radical (unpaired) electrons. The Morgan fingerprint density at radius 2 is 2.12 bits per heavy atom. The lowest BCUT2D eigenvalue weighted by Gasteiger charge is -2.27. The van der Waals surface area contributed by atoms with Crippen molar-refractivity contribution in [2.45, 2.75) is 13.0 Å². The summed E-state index contributed by atoms with van der Waals surface area (Å²) in [6, 6.07) is 13.0. The summed E-state index contributed by atoms with van der Waals surface area (Å²) in [6.45, 7) is 1.23. The van der Waals surface area contributed by atoms with E-state index in [1.165, 1.54) is 5.69 Å². The number of benzene rings is 2. The third-order valence-corrected chi connectivity index (χ3v) is 4.79. The first-order valence-corrected chi connectivity index (χ1v) is 8.51. The highest BCUT2D eigenvalue weighted by Gasteiger charge is 2.25. The minimum atomic E-state index is -0.120. The Morgan fingerprint density at radius 1 is 1.28 bits per heavy atom. The summed E-state index contributed by atoms with van der Waals surface area (Å²) in [7, 11) is 1.67. The molecule has 0 saturated carbocycles. The van der Waals surface area contributed by atoms with Crippen LogP contribution in [0.4, 0.5) is 10.5 Å². The minimum absolute atomic E-state index is 0.120. The minimum Gasteiger partial charge on any atom is -0.495 e. The molecular weight excluding hydrogens is 338 g/mol. The van der Waals surface area contributed by atoms with Crippen molar-refractivity contribution in [3.63, 3.8) is 0 Å². The fourth-order valence-electron chi connectivity index (χ4n) is 3.32. The second-order valence-corrected chi connectivity index (χ2v) is 6.51. The number of urea groups is 1. The molecule has 5 nitrogen and oxygen atoms in total. The van der Waals surface area contributed by atoms with Crippen LogP contribution in [0, 0.1) is 0 Å². The summed E-state index contributed by atoms with van der Waals surface area (Å²) in [5.74, 6) is 0.821. The van der Waals surface area contributed by atoms with Crippen LogP contribution in [-0.2, 0) is 13.0 Å². The molecule has 128 valence electrons. The molecule has 2 amide bonds. The predicted molar refractivity (Wildman–Crippen MR) is 99.4 cm³/mol. The van der Waals surface area contributed by atoms with Crippen LogP contribution in [0.3, 0.4) is 0 Å². The molecule has 25 heavy (non-hydrogen) atoms. The van der Waals surface area contributed by atoms with Gasteiger partial charge in [-0.3, -0.25) is 0 Å². The number of halogens is 1. The van der Waals surface area contributed by atoms with E-state index in [0.717, 1.165) is 28.6 Å². The van der Waals surface area contributed by atoms with E-state index < -0.39 is 0 Å². The van der Waals surface area contributed by atoms with E-state index >= 15 is 0 Å². The molecule has 0 fully saturated rings. The first kappa shape index (κ1) is 15.8. The number of hydrogen-bond acceptors (Lipinski definition) is 2. The number of carbonyl (C=O) groups excluding carboxylic acids is 1. The second-order valence-electron chi connectivity index (χ2n) is 6.08. The number of ether oxygens (including phenoxy) is 1. The first-order chi connectivity index (χ1) is 12.2. The molecule has 2 heterocycles. The van der Waals surface area contributed by atoms with Crippen LogP contribution in [0.15, 0.2) is 42.5 Å². The molecule has 4 rings (SSSR count). The van der Waals surface area contributed by atoms with Crippen LogP contribution >= 0.6 is 11.6 Å². The maximum atomic E-state index is 12.6. The normalized spacial score (nSPS) is 13.6. The Balaban J connectivity index is 1.59. The van der Waals surface area contributed by atoms with E-state index in [0.29, 0.717) is 23.8 Å². The third-order valence-electron chi connectivity index (χ3n) is 4.56. The summed E-state index contributed by atoms with van der Waals surface area (Å²) >= 11 is 5.98. The van der Waals surface area contributed by atoms with E-state index in [-0.39, 0.29) is 6.03 Å². The lowest BCUT2D eigenvalue weighted by atomic mass is 10.0. The van der Waals surface area contributed by atoms with Crippen LogP contribution in [-0.4, -0.2) is 29.6 Å². The van der Waals surface area contributed by atoms with Gasteiger partial charge in [0.1, 0.15) is 5.75 Å². The monoisotopic (exact) mass is 355 g/mol. The number of para-hydroxylation sites is 1. The van der Waals surface area contributed by atoms with Gasteiger partial charge in [-0.15, -0.1) is 0 Å². The zero-order chi connectivity index (χ0) is 17.4. The highest BCUT2D eigenvalue weighted by atomic mass is 35.5. The number of carbonyl (C=O) groups is 1. The highest BCUT2D eigenvalue weighted by molar-refractivity contribution is 6.30. The molecule has 1 aromatic heterocycles. The Labute approximate surface area is 150 Å². The molecule has 2 N–H and O–H groups in total. The summed E-state index contributed by atoms with van der Waals surface area (Å²) in [6.07, 6.45) is 0.788. The number of methoxy groups -OCH3 is 1. The number of aromatic amines is 1. The Kier molecular flexibility index (Phi) is 4.01. The first-order valence-electron chi connectivity index (χ1n) is 8.13. The number of hydrogen-bond donors (Lipinski definition) is 2. The molecule has 1 aliphatic rings. The SMILES string of the molecule is COc1cccc2c3c([nH]c12)CCN(C(=O)Nc1cccc(Cl)c1)C3. The predicted octanol–water partition coefficient (Wildman–Crippen LogP) is 4.42. The van der Waals surface area contributed by atoms with Gasteiger partial charge >= 0.3 is 6.03 Å². The van der Waals surface area contributed by atoms with Crippen molar-refractivity contribution in [3.05, 3.63) is 58.7 Å². The van der Waals surface area contributed by atoms with Gasteiger partial charge in [0.05, 0.1) is 12.6 Å². The van der Waals surface area contributed by atoms with Gasteiger partial charge in [-0.25, -0.2) is 4.79 Å². The number of anilines is 1. The van der Waals surface area contributed by atoms with Crippen molar-refractivity contribution in [2.24, 2.45) is 0 Å². The fraction of sp³-hybridized carbons (Fsp3) is 0.211. The molecule has 0 atom stereocenters. The van der Waals surface area contributed by atoms with Gasteiger partial charge in [-0.05, 0) is 24.3 Å². The van der Waals surface area contributed by atoms with Crippen LogP contribution in [0.2, 0.25) is 5.02 Å². The quantitative estimate of drug-likeness (QED) is 0.715. The van der Waals surface area contributed by atoms with E-state index in [1.54, 1.807) is 19.2 Å². The molecule has 3 aromatic rings. The molecule has 0 unspecified atom stereocenters. The largest absolute Gasteiger partial charge is 0.495 e. The lowest BCUT2D eigenvalue weighted by molar-refractivity contribution is 0.206. The standard InChI is InChI=1S/C19H18ClN3O2/c1-25-17-7-3-6-14-15-11-23(9-8-16(15)22-18(14)17)19(24)21-13-5-2-4-12(20)10-13/h2-7,10,22H,8-9,11H2,1H3,(H,21,24). The fourth-order valence-corrected chi connectivity index (χ4v) is 3.51. The van der Waals surface area contributed by atoms with Crippen molar-refractivity contribution in [1.29, 1.82) is 0 Å². The molecule has 0 bridgehead atoms. The number of nitrogens with one attached hydrogen (secondary N) is 2. The van der Waals surface area contributed by atoms with E-state index in [9.17, 15) is 4.79 Å². The van der Waals surface area contributed by atoms with Gasteiger partial charge < -0.3 is 19.9 Å². The van der Waals surface area contributed by atoms with Crippen LogP contribution in [0.25, 0.3) is 10.9 Å². The van der Waals surface area contributed by atoms with Gasteiger partial charge in [0.15, 0.2) is 0 Å². The molecule has 1 aliphatic heterocycles. The zero-order valence-corrected chi connectivity index (χ0v) is 14.6. The molecule has 0 saturated heterocycles. The maximum absolute atomic E-state index is 12.6. The summed E-state index contributed by atoms with van der Waals surface area (Å²) in [4.78, 5) is 17.9. The smallest absolute Gasteiger partial charge is 0.322 e. The molecule has 0 spiro atoms. The van der Waals surface area contributed by atoms with Gasteiger partial charge in [-0.1, -0.05) is 29.8 Å². The maximum Gasteiger partial charge on any atom is 0.322 e. The van der Waals surface area contributed by atoms with Crippen LogP contribution in [0.1, 0.15) is 11.3 Å². The average molecular weight is 356 g/mol. The van der Waals surface area contributed by atoms with Crippen LogP contribution in [0.5, 0.6) is 5.75 Å². The number of amides is 2. The number of nitrogens with zero attached hydrogens (tertiary/aromatic N) is 1. The molecular formula is C19H18ClN3O2. The third kappa shape index (κ3) is 2.91. The lowest BCUT2D eigenvalue weighted by Crippen LogP contribution is -2.38. The van der Waals surface area contributed by atoms with E-state index in [1.807, 2.05) is 29.2 Å². The highest BCUT2D eigenvalue weighted by Crippen LogP contribution is 2.33. The number of fused-ring (bicyclic) bond motifs is 3. The average Bonchev–Trinajstić information content (AvgIpc) is 2.99. The topological polar surface area (TPSA) is 57.4 Å². The van der Waals surface area contributed by atoms with Gasteiger partial charge in [0.25, 0.3) is 0 Å². The Hall–Kier alpha value is -2.66. The van der Waals surface area contributed by atoms with Gasteiger partial charge in [0.2, 0.25) is 0 Å². The number of H-pyrrole nitrogens is 1. The van der Waals surface area contributed by atoms with Crippen molar-refractivity contribution in [1.82, 2.24) is 9.88 Å². The zero-order valence-electron chi connectivity index (χ0n) is 13.8. The van der Waals surface area contributed by atoms with Crippen molar-refractivity contribution >= 4 is 34.2 Å². The molecule has 2 aromatic carbocycles. The van der Waals surface area contributed by atoms with Gasteiger partial charge in [-0.2, -0.15) is 0 Å². The summed E-state index contributed by atoms with van der Waals surface area (Å²) < 4.78 is 5.43.